The summed E-state index contributed by atoms with van der Waals surface area (Å²) in [5, 5.41) is 12.4. The Balaban J connectivity index is 0.000001000. The molecule has 55 valence electrons. The van der Waals surface area contributed by atoms with Crippen LogP contribution >= 0.6 is 12.2 Å². The average Bonchev–Trinajstić information content (AvgIpc) is 1.95. The second-order valence-electron chi connectivity index (χ2n) is 1.60. The molecule has 0 unspecified atom stereocenters. The monoisotopic (exact) mass is 181 g/mol. The summed E-state index contributed by atoms with van der Waals surface area (Å²) in [4.78, 5) is 0.591. The van der Waals surface area contributed by atoms with Crippen molar-refractivity contribution in [1.82, 2.24) is 9.94 Å². The topological polar surface area (TPSA) is 47.3 Å². The number of hydrogen-bond donors (Lipinski definition) is 1. The van der Waals surface area contributed by atoms with Gasteiger partial charge in [0.25, 0.3) is 0 Å². The minimum atomic E-state index is 0. The maximum Gasteiger partial charge on any atom is 0.234 e. The van der Waals surface area contributed by atoms with E-state index in [2.05, 4.69) is 17.3 Å². The van der Waals surface area contributed by atoms with E-state index >= 15 is 0 Å². The molecule has 4 nitrogen and oxygen atoms in total. The van der Waals surface area contributed by atoms with Gasteiger partial charge in [-0.2, -0.15) is 0 Å². The van der Waals surface area contributed by atoms with Crippen molar-refractivity contribution in [2.24, 2.45) is 0 Å². The Morgan fingerprint density at radius 3 is 2.73 bits per heavy atom. The first kappa shape index (κ1) is 10.9. The molecule has 0 saturated carbocycles. The summed E-state index contributed by atoms with van der Waals surface area (Å²) < 4.78 is 4.96. The van der Waals surface area contributed by atoms with Crippen molar-refractivity contribution in [2.75, 3.05) is 7.11 Å². The Bertz CT molecular complexity index is 288. The Kier molecular flexibility index (Phi) is 4.67. The van der Waals surface area contributed by atoms with Crippen molar-refractivity contribution < 1.29 is 9.94 Å². The summed E-state index contributed by atoms with van der Waals surface area (Å²) >= 11 is 4.66. The van der Waals surface area contributed by atoms with Crippen LogP contribution in [0.25, 0.3) is 0 Å². The van der Waals surface area contributed by atoms with Crippen LogP contribution in [0.4, 0.5) is 0 Å². The van der Waals surface area contributed by atoms with Gasteiger partial charge in [0.05, 0.1) is 7.11 Å². The molecule has 0 saturated heterocycles. The molecule has 0 fully saturated rings. The third-order valence-electron chi connectivity index (χ3n) is 0.968. The number of methoxy groups -OCH3 is 1. The molecule has 6 heteroatoms. The fourth-order valence-corrected chi connectivity index (χ4v) is 0.603. The van der Waals surface area contributed by atoms with Gasteiger partial charge in [0.1, 0.15) is 0 Å². The Hall–Kier alpha value is -0.100. The van der Waals surface area contributed by atoms with Crippen molar-refractivity contribution in [1.29, 1.82) is 0 Å². The number of hydrogen-bond acceptors (Lipinski definition) is 4. The van der Waals surface area contributed by atoms with Crippen LogP contribution in [0.1, 0.15) is 0 Å². The molecule has 0 bridgehead atoms. The Labute approximate surface area is 91.0 Å². The zero-order chi connectivity index (χ0) is 7.56. The minimum Gasteiger partial charge on any atom is -0.480 e. The van der Waals surface area contributed by atoms with Crippen molar-refractivity contribution in [2.45, 2.75) is 0 Å². The van der Waals surface area contributed by atoms with E-state index in [4.69, 9.17) is 9.94 Å². The molecule has 1 aromatic heterocycles. The summed E-state index contributed by atoms with van der Waals surface area (Å²) in [7, 11) is 1.46. The summed E-state index contributed by atoms with van der Waals surface area (Å²) in [6.45, 7) is 0. The van der Waals surface area contributed by atoms with E-state index < -0.39 is 0 Å². The zero-order valence-corrected chi connectivity index (χ0v) is 9.13. The van der Waals surface area contributed by atoms with Crippen molar-refractivity contribution in [3.05, 3.63) is 16.8 Å². The van der Waals surface area contributed by atoms with Crippen molar-refractivity contribution in [3.63, 3.8) is 0 Å². The molecule has 0 atom stereocenters. The maximum atomic E-state index is 8.85. The second-order valence-corrected chi connectivity index (χ2v) is 2.02. The first-order valence-corrected chi connectivity index (χ1v) is 2.98. The predicted molar refractivity (Wildman–Crippen MR) is 42.6 cm³/mol. The summed E-state index contributed by atoms with van der Waals surface area (Å²) in [6.07, 6.45) is 0. The van der Waals surface area contributed by atoms with Crippen molar-refractivity contribution >= 4 is 41.8 Å². The molecule has 0 aliphatic rings. The molecule has 11 heavy (non-hydrogen) atoms. The van der Waals surface area contributed by atoms with Crippen molar-refractivity contribution in [3.8, 4) is 5.88 Å². The van der Waals surface area contributed by atoms with E-state index in [9.17, 15) is 0 Å². The molecule has 1 rings (SSSR count). The normalized spacial score (nSPS) is 8.45. The molecule has 1 heterocycles. The van der Waals surface area contributed by atoms with Crippen LogP contribution in [0.2, 0.25) is 0 Å². The third kappa shape index (κ3) is 2.78. The number of rotatable bonds is 1. The van der Waals surface area contributed by atoms with Gasteiger partial charge in [0.15, 0.2) is 4.64 Å². The van der Waals surface area contributed by atoms with Crippen LogP contribution in [-0.2, 0) is 0 Å². The van der Waals surface area contributed by atoms with E-state index in [-0.39, 0.29) is 34.2 Å². The van der Waals surface area contributed by atoms with Crippen LogP contribution in [0.15, 0.2) is 12.1 Å². The Morgan fingerprint density at radius 2 is 2.27 bits per heavy atom. The number of ether oxygens (including phenoxy) is 1. The minimum absolute atomic E-state index is 0. The third-order valence-corrected chi connectivity index (χ3v) is 1.27. The molecule has 1 radical (unpaired) electrons. The van der Waals surface area contributed by atoms with Crippen LogP contribution in [0, 0.1) is 4.64 Å². The van der Waals surface area contributed by atoms with E-state index in [1.54, 1.807) is 6.07 Å². The molecule has 0 amide bonds. The van der Waals surface area contributed by atoms with Crippen LogP contribution in [0.5, 0.6) is 5.88 Å². The fraction of sp³-hybridized carbons (Fsp3) is 0.200. The first-order valence-electron chi connectivity index (χ1n) is 2.57. The quantitative estimate of drug-likeness (QED) is 0.389. The molecule has 1 N–H and O–H groups in total. The van der Waals surface area contributed by atoms with Gasteiger partial charge in [-0.1, -0.05) is 22.2 Å². The Morgan fingerprint density at radius 1 is 1.64 bits per heavy atom. The molecular weight excluding hydrogens is 175 g/mol. The smallest absolute Gasteiger partial charge is 0.234 e. The van der Waals surface area contributed by atoms with Crippen LogP contribution in [-0.4, -0.2) is 51.8 Å². The maximum absolute atomic E-state index is 8.85. The van der Waals surface area contributed by atoms with E-state index in [1.165, 1.54) is 13.2 Å². The molecule has 0 spiro atoms. The summed E-state index contributed by atoms with van der Waals surface area (Å²) in [6, 6.07) is 3.11. The molecule has 0 aliphatic heterocycles. The van der Waals surface area contributed by atoms with Gasteiger partial charge in [-0.15, -0.1) is 0 Å². The molecular formula is C5H6N2NaO2S. The van der Waals surface area contributed by atoms with E-state index in [1.807, 2.05) is 0 Å². The SMILES string of the molecule is COc1ccc(=S)n(O)n1.[Na]. The molecule has 1 aromatic rings. The number of nitrogens with zero attached hydrogens (tertiary/aromatic N) is 2. The summed E-state index contributed by atoms with van der Waals surface area (Å²) in [5.41, 5.74) is 0. The van der Waals surface area contributed by atoms with Crippen LogP contribution < -0.4 is 4.74 Å². The van der Waals surface area contributed by atoms with E-state index in [0.29, 0.717) is 10.7 Å². The van der Waals surface area contributed by atoms with Gasteiger partial charge in [-0.3, -0.25) is 0 Å². The van der Waals surface area contributed by atoms with Gasteiger partial charge in [0.2, 0.25) is 5.88 Å². The fourth-order valence-electron chi connectivity index (χ4n) is 0.494. The summed E-state index contributed by atoms with van der Waals surface area (Å²) in [5.74, 6) is 0.330. The molecule has 0 aliphatic carbocycles. The van der Waals surface area contributed by atoms with Gasteiger partial charge in [0, 0.05) is 35.6 Å². The van der Waals surface area contributed by atoms with Gasteiger partial charge >= 0.3 is 0 Å². The van der Waals surface area contributed by atoms with Gasteiger partial charge < -0.3 is 9.94 Å². The van der Waals surface area contributed by atoms with Gasteiger partial charge in [-0.25, -0.2) is 0 Å². The zero-order valence-electron chi connectivity index (χ0n) is 6.31. The molecule has 0 aromatic carbocycles. The largest absolute Gasteiger partial charge is 0.480 e. The van der Waals surface area contributed by atoms with Gasteiger partial charge in [-0.05, 0) is 6.07 Å². The standard InChI is InChI=1S/C5H6N2O2S.Na/c1-9-4-2-3-5(10)7(8)6-4;/h2-3,8H,1H3;. The second kappa shape index (κ2) is 4.71. The number of aromatic nitrogens is 2. The predicted octanol–water partition coefficient (Wildman–Crippen LogP) is 0.478. The average molecular weight is 181 g/mol. The first-order chi connectivity index (χ1) is 4.74. The van der Waals surface area contributed by atoms with E-state index in [0.717, 1.165) is 0 Å². The van der Waals surface area contributed by atoms with Crippen LogP contribution in [0.3, 0.4) is 0 Å².